The maximum Gasteiger partial charge on any atom is 0.306 e. The van der Waals surface area contributed by atoms with E-state index in [9.17, 15) is 14.7 Å². The van der Waals surface area contributed by atoms with Crippen molar-refractivity contribution in [3.05, 3.63) is 0 Å². The van der Waals surface area contributed by atoms with E-state index in [1.807, 2.05) is 0 Å². The third kappa shape index (κ3) is 32.9. The van der Waals surface area contributed by atoms with Gasteiger partial charge < -0.3 is 10.2 Å². The molecule has 0 aliphatic rings. The van der Waals surface area contributed by atoms with E-state index in [-0.39, 0.29) is 5.92 Å². The van der Waals surface area contributed by atoms with Crippen molar-refractivity contribution in [2.45, 2.75) is 188 Å². The van der Waals surface area contributed by atoms with Gasteiger partial charge in [0, 0.05) is 6.42 Å². The predicted octanol–water partition coefficient (Wildman–Crippen LogP) is 11.0. The van der Waals surface area contributed by atoms with E-state index in [2.05, 4.69) is 20.8 Å². The van der Waals surface area contributed by atoms with Gasteiger partial charge in [-0.1, -0.05) is 162 Å². The Morgan fingerprint density at radius 2 is 0.722 bits per heavy atom. The van der Waals surface area contributed by atoms with Gasteiger partial charge in [-0.25, -0.2) is 0 Å². The highest BCUT2D eigenvalue weighted by Gasteiger charge is 2.16. The van der Waals surface area contributed by atoms with Crippen LogP contribution in [0.2, 0.25) is 0 Å². The lowest BCUT2D eigenvalue weighted by Crippen LogP contribution is -2.13. The van der Waals surface area contributed by atoms with E-state index in [0.29, 0.717) is 6.42 Å². The van der Waals surface area contributed by atoms with Crippen LogP contribution in [0.25, 0.3) is 0 Å². The van der Waals surface area contributed by atoms with Crippen molar-refractivity contribution in [1.29, 1.82) is 0 Å². The van der Waals surface area contributed by atoms with E-state index in [4.69, 9.17) is 5.11 Å². The highest BCUT2D eigenvalue weighted by Crippen LogP contribution is 2.20. The molecule has 0 aliphatic heterocycles. The molecule has 1 unspecified atom stereocenters. The summed E-state index contributed by atoms with van der Waals surface area (Å²) in [6, 6.07) is 0. The zero-order chi connectivity index (χ0) is 27.1. The van der Waals surface area contributed by atoms with Gasteiger partial charge in [-0.05, 0) is 19.3 Å². The molecule has 0 saturated carbocycles. The van der Waals surface area contributed by atoms with Gasteiger partial charge in [-0.2, -0.15) is 0 Å². The molecule has 4 heteroatoms. The molecule has 2 N–H and O–H groups in total. The van der Waals surface area contributed by atoms with Crippen LogP contribution >= 0.6 is 0 Å². The van der Waals surface area contributed by atoms with Gasteiger partial charge in [-0.15, -0.1) is 0 Å². The van der Waals surface area contributed by atoms with Gasteiger partial charge in [0.2, 0.25) is 0 Å². The maximum atomic E-state index is 11.4. The first-order valence-corrected chi connectivity index (χ1v) is 15.9. The van der Waals surface area contributed by atoms with Gasteiger partial charge in [-0.3, -0.25) is 9.59 Å². The number of hydrogen-bond acceptors (Lipinski definition) is 2. The Kier molecular flexibility index (Phi) is 32.9. The molecule has 0 aliphatic carbocycles. The summed E-state index contributed by atoms with van der Waals surface area (Å²) in [4.78, 5) is 21.5. The summed E-state index contributed by atoms with van der Waals surface area (Å²) in [5.74, 6) is -1.33. The van der Waals surface area contributed by atoms with Gasteiger partial charge >= 0.3 is 11.9 Å². The lowest BCUT2D eigenvalue weighted by molar-refractivity contribution is -0.142. The molecule has 0 spiro atoms. The lowest BCUT2D eigenvalue weighted by Gasteiger charge is -2.12. The van der Waals surface area contributed by atoms with Gasteiger partial charge in [0.15, 0.2) is 0 Å². The van der Waals surface area contributed by atoms with Crippen LogP contribution in [0.3, 0.4) is 0 Å². The Labute approximate surface area is 225 Å². The first-order valence-electron chi connectivity index (χ1n) is 15.9. The molecule has 0 saturated heterocycles. The Bertz CT molecular complexity index is 449. The summed E-state index contributed by atoms with van der Waals surface area (Å²) in [5, 5.41) is 17.7. The number of carboxylic acids is 2. The molecular formula is C32H64O4. The Morgan fingerprint density at radius 3 is 1.00 bits per heavy atom. The van der Waals surface area contributed by atoms with Crippen molar-refractivity contribution in [1.82, 2.24) is 0 Å². The quantitative estimate of drug-likeness (QED) is 0.107. The van der Waals surface area contributed by atoms with Crippen molar-refractivity contribution in [2.75, 3.05) is 0 Å². The number of unbranched alkanes of at least 4 members (excludes halogenated alkanes) is 20. The summed E-state index contributed by atoms with van der Waals surface area (Å²) in [5.41, 5.74) is 0. The van der Waals surface area contributed by atoms with Crippen LogP contribution < -0.4 is 0 Å². The molecule has 4 nitrogen and oxygen atoms in total. The largest absolute Gasteiger partial charge is 0.481 e. The molecule has 0 fully saturated rings. The minimum atomic E-state index is -0.670. The normalized spacial score (nSPS) is 11.6. The molecule has 36 heavy (non-hydrogen) atoms. The highest BCUT2D eigenvalue weighted by molar-refractivity contribution is 5.69. The minimum absolute atomic E-state index is 0.0934. The van der Waals surface area contributed by atoms with Crippen LogP contribution in [0.4, 0.5) is 0 Å². The summed E-state index contributed by atoms with van der Waals surface area (Å²) >= 11 is 0. The van der Waals surface area contributed by atoms with E-state index in [0.717, 1.165) is 38.5 Å². The summed E-state index contributed by atoms with van der Waals surface area (Å²) < 4.78 is 0. The molecule has 0 bridgehead atoms. The van der Waals surface area contributed by atoms with Gasteiger partial charge in [0.25, 0.3) is 0 Å². The third-order valence-corrected chi connectivity index (χ3v) is 7.16. The number of hydrogen-bond donors (Lipinski definition) is 2. The predicted molar refractivity (Wildman–Crippen MR) is 156 cm³/mol. The molecule has 0 radical (unpaired) electrons. The Balaban J connectivity index is 0. The number of carboxylic acid groups (broad SMARTS) is 2. The Morgan fingerprint density at radius 1 is 0.444 bits per heavy atom. The number of rotatable bonds is 27. The maximum absolute atomic E-state index is 11.4. The van der Waals surface area contributed by atoms with Crippen molar-refractivity contribution in [3.63, 3.8) is 0 Å². The van der Waals surface area contributed by atoms with Gasteiger partial charge in [0.05, 0.1) is 5.92 Å². The molecule has 0 rings (SSSR count). The third-order valence-electron chi connectivity index (χ3n) is 7.16. The SMILES string of the molecule is CCCCCCCC(=O)O.CCCCCCCCCCCCC(CCCCCCCCCC)C(=O)O. The smallest absolute Gasteiger partial charge is 0.306 e. The second-order valence-electron chi connectivity index (χ2n) is 10.8. The van der Waals surface area contributed by atoms with Crippen LogP contribution in [-0.2, 0) is 9.59 Å². The van der Waals surface area contributed by atoms with Gasteiger partial charge in [0.1, 0.15) is 0 Å². The molecule has 0 aromatic heterocycles. The molecule has 0 aromatic rings. The van der Waals surface area contributed by atoms with Crippen molar-refractivity contribution in [2.24, 2.45) is 5.92 Å². The monoisotopic (exact) mass is 512 g/mol. The molecule has 216 valence electrons. The topological polar surface area (TPSA) is 74.6 Å². The lowest BCUT2D eigenvalue weighted by atomic mass is 9.94. The molecule has 0 amide bonds. The summed E-state index contributed by atoms with van der Waals surface area (Å²) in [6.45, 7) is 6.66. The fourth-order valence-corrected chi connectivity index (χ4v) is 4.67. The van der Waals surface area contributed by atoms with Crippen LogP contribution in [0, 0.1) is 5.92 Å². The minimum Gasteiger partial charge on any atom is -0.481 e. The average Bonchev–Trinajstić information content (AvgIpc) is 2.85. The zero-order valence-electron chi connectivity index (χ0n) is 24.7. The van der Waals surface area contributed by atoms with Crippen LogP contribution in [-0.4, -0.2) is 22.2 Å². The Hall–Kier alpha value is -1.06. The first-order chi connectivity index (χ1) is 17.5. The summed E-state index contributed by atoms with van der Waals surface area (Å²) in [6.07, 6.45) is 31.2. The summed E-state index contributed by atoms with van der Waals surface area (Å²) in [7, 11) is 0. The molecule has 0 aromatic carbocycles. The van der Waals surface area contributed by atoms with Crippen LogP contribution in [0.15, 0.2) is 0 Å². The number of aliphatic carboxylic acids is 2. The standard InChI is InChI=1S/C24H48O2.C8H16O2/c1-3-5-7-9-11-13-14-16-18-20-22-23(24(25)26)21-19-17-15-12-10-8-6-4-2;1-2-3-4-5-6-7-8(9)10/h23H,3-22H2,1-2H3,(H,25,26);2-7H2,1H3,(H,9,10). The van der Waals surface area contributed by atoms with Crippen molar-refractivity contribution >= 4 is 11.9 Å². The van der Waals surface area contributed by atoms with Crippen molar-refractivity contribution in [3.8, 4) is 0 Å². The zero-order valence-corrected chi connectivity index (χ0v) is 24.7. The van der Waals surface area contributed by atoms with E-state index in [1.54, 1.807) is 0 Å². The molecule has 0 heterocycles. The van der Waals surface area contributed by atoms with E-state index < -0.39 is 11.9 Å². The number of carbonyl (C=O) groups is 2. The van der Waals surface area contributed by atoms with E-state index >= 15 is 0 Å². The fraction of sp³-hybridized carbons (Fsp3) is 0.938. The fourth-order valence-electron chi connectivity index (χ4n) is 4.67. The highest BCUT2D eigenvalue weighted by atomic mass is 16.4. The second-order valence-corrected chi connectivity index (χ2v) is 10.8. The first kappa shape index (κ1) is 37.1. The second kappa shape index (κ2) is 32.0. The molecule has 1 atom stereocenters. The van der Waals surface area contributed by atoms with E-state index in [1.165, 1.54) is 122 Å². The van der Waals surface area contributed by atoms with Crippen molar-refractivity contribution < 1.29 is 19.8 Å². The van der Waals surface area contributed by atoms with Crippen LogP contribution in [0.1, 0.15) is 188 Å². The van der Waals surface area contributed by atoms with Crippen LogP contribution in [0.5, 0.6) is 0 Å². The average molecular weight is 513 g/mol. The molecular weight excluding hydrogens is 448 g/mol.